The van der Waals surface area contributed by atoms with Gasteiger partial charge in [0, 0.05) is 0 Å². The smallest absolute Gasteiger partial charge is 0.251 e. The molecule has 2 saturated heterocycles. The molecule has 4 rings (SSSR count). The van der Waals surface area contributed by atoms with Crippen LogP contribution in [0.5, 0.6) is 0 Å². The highest BCUT2D eigenvalue weighted by molar-refractivity contribution is 7.59. The van der Waals surface area contributed by atoms with Crippen LogP contribution in [0, 0.1) is 0 Å². The molecule has 2 amide bonds. The third-order valence-corrected chi connectivity index (χ3v) is 4.08. The zero-order chi connectivity index (χ0) is 17.1. The molecule has 2 heterocycles. The van der Waals surface area contributed by atoms with Crippen molar-refractivity contribution < 1.29 is 19.8 Å². The van der Waals surface area contributed by atoms with E-state index in [1.54, 1.807) is 0 Å². The van der Waals surface area contributed by atoms with E-state index in [0.717, 1.165) is 11.1 Å². The Morgan fingerprint density at radius 3 is 1.20 bits per heavy atom. The van der Waals surface area contributed by atoms with E-state index in [4.69, 9.17) is 0 Å². The molecular formula is C18H20N2O4S. The summed E-state index contributed by atoms with van der Waals surface area (Å²) < 4.78 is 0. The molecule has 0 radical (unpaired) electrons. The molecule has 6 nitrogen and oxygen atoms in total. The lowest BCUT2D eigenvalue weighted by Gasteiger charge is -2.33. The van der Waals surface area contributed by atoms with E-state index in [-0.39, 0.29) is 37.4 Å². The Hall–Kier alpha value is -2.35. The fourth-order valence-corrected chi connectivity index (χ4v) is 2.60. The van der Waals surface area contributed by atoms with Crippen molar-refractivity contribution in [3.05, 3.63) is 71.8 Å². The van der Waals surface area contributed by atoms with Crippen LogP contribution in [0.15, 0.2) is 60.7 Å². The Morgan fingerprint density at radius 2 is 0.960 bits per heavy atom. The number of amides is 2. The van der Waals surface area contributed by atoms with Gasteiger partial charge in [0.05, 0.1) is 12.1 Å². The van der Waals surface area contributed by atoms with Crippen LogP contribution < -0.4 is 10.6 Å². The number of hydrogen-bond donors (Lipinski definition) is 4. The molecule has 132 valence electrons. The van der Waals surface area contributed by atoms with Gasteiger partial charge in [0.25, 0.3) is 11.8 Å². The van der Waals surface area contributed by atoms with E-state index >= 15 is 0 Å². The molecule has 0 bridgehead atoms. The zero-order valence-electron chi connectivity index (χ0n) is 13.3. The average molecular weight is 360 g/mol. The van der Waals surface area contributed by atoms with Crippen molar-refractivity contribution >= 4 is 25.3 Å². The molecule has 0 spiro atoms. The predicted octanol–water partition coefficient (Wildman–Crippen LogP) is 0.550. The molecule has 0 unspecified atom stereocenters. The summed E-state index contributed by atoms with van der Waals surface area (Å²) in [4.78, 5) is 21.3. The third-order valence-electron chi connectivity index (χ3n) is 4.08. The predicted molar refractivity (Wildman–Crippen MR) is 97.0 cm³/mol. The number of hydrogen-bond acceptors (Lipinski definition) is 4. The molecule has 0 saturated carbocycles. The van der Waals surface area contributed by atoms with Crippen molar-refractivity contribution in [3.63, 3.8) is 0 Å². The lowest BCUT2D eigenvalue weighted by atomic mass is 9.94. The molecular weight excluding hydrogens is 340 g/mol. The SMILES string of the molecule is O=C1N[C@@H](c2ccccc2)[C@H]1O.O=C1N[C@@H](c2ccccc2)[C@H]1O.S. The number of β-lactam (4-membered cyclic amide) rings is 2. The van der Waals surface area contributed by atoms with Gasteiger partial charge in [-0.2, -0.15) is 13.5 Å². The Morgan fingerprint density at radius 1 is 0.640 bits per heavy atom. The maximum absolute atomic E-state index is 10.7. The first kappa shape index (κ1) is 19.0. The van der Waals surface area contributed by atoms with Gasteiger partial charge in [-0.05, 0) is 11.1 Å². The summed E-state index contributed by atoms with van der Waals surface area (Å²) in [6.45, 7) is 0. The molecule has 2 aliphatic heterocycles. The summed E-state index contributed by atoms with van der Waals surface area (Å²) in [5.41, 5.74) is 1.90. The molecule has 0 aliphatic carbocycles. The number of carbonyl (C=O) groups excluding carboxylic acids is 2. The van der Waals surface area contributed by atoms with Crippen LogP contribution in [0.25, 0.3) is 0 Å². The van der Waals surface area contributed by atoms with E-state index in [0.29, 0.717) is 0 Å². The van der Waals surface area contributed by atoms with E-state index < -0.39 is 12.2 Å². The minimum absolute atomic E-state index is 0. The van der Waals surface area contributed by atoms with Crippen LogP contribution in [0.3, 0.4) is 0 Å². The lowest BCUT2D eigenvalue weighted by molar-refractivity contribution is -0.143. The van der Waals surface area contributed by atoms with Crippen molar-refractivity contribution in [2.45, 2.75) is 24.3 Å². The maximum atomic E-state index is 10.7. The van der Waals surface area contributed by atoms with Gasteiger partial charge >= 0.3 is 0 Å². The summed E-state index contributed by atoms with van der Waals surface area (Å²) in [6.07, 6.45) is -1.74. The Kier molecular flexibility index (Phi) is 6.19. The summed E-state index contributed by atoms with van der Waals surface area (Å²) >= 11 is 0. The highest BCUT2D eigenvalue weighted by atomic mass is 32.1. The van der Waals surface area contributed by atoms with Crippen LogP contribution in [-0.2, 0) is 9.59 Å². The van der Waals surface area contributed by atoms with Crippen LogP contribution in [0.4, 0.5) is 0 Å². The summed E-state index contributed by atoms with van der Waals surface area (Å²) in [5.74, 6) is -0.576. The third kappa shape index (κ3) is 4.01. The summed E-state index contributed by atoms with van der Waals surface area (Å²) in [5, 5.41) is 23.7. The zero-order valence-corrected chi connectivity index (χ0v) is 14.3. The van der Waals surface area contributed by atoms with E-state index in [1.807, 2.05) is 60.7 Å². The average Bonchev–Trinajstić information content (AvgIpc) is 2.65. The van der Waals surface area contributed by atoms with E-state index in [2.05, 4.69) is 10.6 Å². The van der Waals surface area contributed by atoms with Gasteiger partial charge in [-0.25, -0.2) is 0 Å². The quantitative estimate of drug-likeness (QED) is 0.588. The van der Waals surface area contributed by atoms with Crippen LogP contribution in [-0.4, -0.2) is 34.2 Å². The van der Waals surface area contributed by atoms with Gasteiger partial charge in [-0.3, -0.25) is 9.59 Å². The van der Waals surface area contributed by atoms with Gasteiger partial charge < -0.3 is 20.8 Å². The van der Waals surface area contributed by atoms with Gasteiger partial charge in [0.1, 0.15) is 0 Å². The fraction of sp³-hybridized carbons (Fsp3) is 0.222. The monoisotopic (exact) mass is 360 g/mol. The molecule has 7 heteroatoms. The molecule has 25 heavy (non-hydrogen) atoms. The second-order valence-corrected chi connectivity index (χ2v) is 5.68. The highest BCUT2D eigenvalue weighted by Gasteiger charge is 2.38. The number of aliphatic hydroxyl groups is 2. The molecule has 2 aromatic carbocycles. The van der Waals surface area contributed by atoms with Crippen LogP contribution in [0.2, 0.25) is 0 Å². The van der Waals surface area contributed by atoms with E-state index in [1.165, 1.54) is 0 Å². The summed E-state index contributed by atoms with van der Waals surface area (Å²) in [6, 6.07) is 18.4. The largest absolute Gasteiger partial charge is 0.381 e. The Labute approximate surface area is 152 Å². The Balaban J connectivity index is 0.000000173. The lowest BCUT2D eigenvalue weighted by Crippen LogP contribution is -2.55. The first-order valence-electron chi connectivity index (χ1n) is 7.64. The van der Waals surface area contributed by atoms with Crippen molar-refractivity contribution in [2.24, 2.45) is 0 Å². The topological polar surface area (TPSA) is 98.7 Å². The second-order valence-electron chi connectivity index (χ2n) is 5.68. The minimum atomic E-state index is -0.868. The highest BCUT2D eigenvalue weighted by Crippen LogP contribution is 2.24. The molecule has 4 N–H and O–H groups in total. The maximum Gasteiger partial charge on any atom is 0.251 e. The number of carbonyl (C=O) groups is 2. The van der Waals surface area contributed by atoms with Crippen molar-refractivity contribution in [1.82, 2.24) is 10.6 Å². The molecule has 4 atom stereocenters. The number of nitrogens with one attached hydrogen (secondary N) is 2. The fourth-order valence-electron chi connectivity index (χ4n) is 2.60. The standard InChI is InChI=1S/2C9H9NO2.H2S/c2*11-8-7(10-9(8)12)6-4-2-1-3-5-6;/h2*1-5,7-8,11H,(H,10,12);1H2/t2*7-,8+;/m00./s1. The minimum Gasteiger partial charge on any atom is -0.381 e. The first-order chi connectivity index (χ1) is 11.6. The first-order valence-corrected chi connectivity index (χ1v) is 7.64. The van der Waals surface area contributed by atoms with Crippen molar-refractivity contribution in [3.8, 4) is 0 Å². The van der Waals surface area contributed by atoms with Crippen LogP contribution >= 0.6 is 13.5 Å². The van der Waals surface area contributed by atoms with Gasteiger partial charge in [0.15, 0.2) is 12.2 Å². The van der Waals surface area contributed by atoms with Gasteiger partial charge in [-0.15, -0.1) is 0 Å². The number of aliphatic hydroxyl groups excluding tert-OH is 2. The molecule has 0 aromatic heterocycles. The Bertz CT molecular complexity index is 663. The van der Waals surface area contributed by atoms with Crippen LogP contribution in [0.1, 0.15) is 23.2 Å². The molecule has 2 fully saturated rings. The normalized spacial score (nSPS) is 26.5. The number of rotatable bonds is 2. The second kappa shape index (κ2) is 8.15. The number of benzene rings is 2. The molecule has 2 aliphatic rings. The van der Waals surface area contributed by atoms with Gasteiger partial charge in [0.2, 0.25) is 0 Å². The molecule has 2 aromatic rings. The van der Waals surface area contributed by atoms with Crippen molar-refractivity contribution in [1.29, 1.82) is 0 Å². The summed E-state index contributed by atoms with van der Waals surface area (Å²) in [7, 11) is 0. The van der Waals surface area contributed by atoms with Gasteiger partial charge in [-0.1, -0.05) is 60.7 Å². The van der Waals surface area contributed by atoms with E-state index in [9.17, 15) is 19.8 Å². The van der Waals surface area contributed by atoms with Crippen molar-refractivity contribution in [2.75, 3.05) is 0 Å².